The molecule has 1 amide bonds. The third-order valence-corrected chi connectivity index (χ3v) is 3.83. The monoisotopic (exact) mass is 328 g/mol. The Balaban J connectivity index is 1.72. The van der Waals surface area contributed by atoms with Gasteiger partial charge in [0.25, 0.3) is 0 Å². The smallest absolute Gasteiger partial charge is 0.224 e. The lowest BCUT2D eigenvalue weighted by atomic mass is 10.2. The zero-order chi connectivity index (χ0) is 13.7. The van der Waals surface area contributed by atoms with Gasteiger partial charge in [0.15, 0.2) is 0 Å². The van der Waals surface area contributed by atoms with Gasteiger partial charge in [0.05, 0.1) is 10.7 Å². The molecule has 0 radical (unpaired) electrons. The molecule has 19 heavy (non-hydrogen) atoms. The zero-order valence-electron chi connectivity index (χ0n) is 11.4. The molecule has 6 heteroatoms. The molecule has 0 unspecified atom stereocenters. The second-order valence-electron chi connectivity index (χ2n) is 4.89. The van der Waals surface area contributed by atoms with Crippen molar-refractivity contribution in [3.63, 3.8) is 0 Å². The van der Waals surface area contributed by atoms with E-state index in [0.717, 1.165) is 37.2 Å². The van der Waals surface area contributed by atoms with Crippen molar-refractivity contribution >= 4 is 21.8 Å². The number of aryl methyl sites for hydroxylation is 1. The van der Waals surface area contributed by atoms with Crippen LogP contribution < -0.4 is 0 Å². The minimum Gasteiger partial charge on any atom is -0.340 e. The molecular formula is C13H21BrN4O. The molecule has 0 N–H and O–H groups in total. The lowest BCUT2D eigenvalue weighted by molar-refractivity contribution is -0.133. The predicted molar refractivity (Wildman–Crippen MR) is 77.9 cm³/mol. The average Bonchev–Trinajstić information content (AvgIpc) is 2.83. The molecule has 5 nitrogen and oxygen atoms in total. The Morgan fingerprint density at radius 1 is 1.32 bits per heavy atom. The van der Waals surface area contributed by atoms with E-state index in [1.807, 2.05) is 11.1 Å². The largest absolute Gasteiger partial charge is 0.340 e. The highest BCUT2D eigenvalue weighted by atomic mass is 79.9. The highest BCUT2D eigenvalue weighted by molar-refractivity contribution is 9.10. The minimum atomic E-state index is 0.239. The molecule has 106 valence electrons. The Kier molecular flexibility index (Phi) is 5.39. The van der Waals surface area contributed by atoms with Crippen LogP contribution in [0.15, 0.2) is 16.9 Å². The van der Waals surface area contributed by atoms with Gasteiger partial charge >= 0.3 is 0 Å². The fourth-order valence-electron chi connectivity index (χ4n) is 2.37. The molecule has 0 spiro atoms. The number of hydrogen-bond acceptors (Lipinski definition) is 3. The quantitative estimate of drug-likeness (QED) is 0.824. The molecule has 1 aromatic rings. The van der Waals surface area contributed by atoms with Gasteiger partial charge in [0.1, 0.15) is 0 Å². The summed E-state index contributed by atoms with van der Waals surface area (Å²) in [7, 11) is 0. The molecule has 0 aliphatic carbocycles. The Morgan fingerprint density at radius 3 is 2.63 bits per heavy atom. The van der Waals surface area contributed by atoms with Gasteiger partial charge < -0.3 is 4.90 Å². The first-order chi connectivity index (χ1) is 9.19. The summed E-state index contributed by atoms with van der Waals surface area (Å²) in [5.41, 5.74) is 0. The highest BCUT2D eigenvalue weighted by Gasteiger charge is 2.20. The highest BCUT2D eigenvalue weighted by Crippen LogP contribution is 2.08. The van der Waals surface area contributed by atoms with Crippen molar-refractivity contribution in [3.8, 4) is 0 Å². The zero-order valence-corrected chi connectivity index (χ0v) is 13.0. The van der Waals surface area contributed by atoms with Crippen molar-refractivity contribution in [1.82, 2.24) is 19.6 Å². The van der Waals surface area contributed by atoms with E-state index in [2.05, 4.69) is 32.9 Å². The number of carbonyl (C=O) groups is 1. The van der Waals surface area contributed by atoms with Crippen molar-refractivity contribution in [2.45, 2.75) is 26.3 Å². The summed E-state index contributed by atoms with van der Waals surface area (Å²) in [5, 5.41) is 4.16. The normalized spacial score (nSPS) is 16.8. The predicted octanol–water partition coefficient (Wildman–Crippen LogP) is 1.59. The fourth-order valence-corrected chi connectivity index (χ4v) is 2.69. The van der Waals surface area contributed by atoms with Crippen LogP contribution in [0.1, 0.15) is 19.8 Å². The van der Waals surface area contributed by atoms with Crippen molar-refractivity contribution in [3.05, 3.63) is 16.9 Å². The van der Waals surface area contributed by atoms with E-state index in [-0.39, 0.29) is 5.91 Å². The number of aromatic nitrogens is 2. The molecule has 1 aliphatic heterocycles. The molecule has 0 atom stereocenters. The Labute approximate surface area is 122 Å². The molecule has 0 saturated carbocycles. The molecule has 1 saturated heterocycles. The molecule has 2 rings (SSSR count). The van der Waals surface area contributed by atoms with Crippen LogP contribution in [-0.2, 0) is 11.3 Å². The lowest BCUT2D eigenvalue weighted by Gasteiger charge is -2.34. The fraction of sp³-hybridized carbons (Fsp3) is 0.692. The molecule has 0 aromatic carbocycles. The van der Waals surface area contributed by atoms with Gasteiger partial charge in [-0.3, -0.25) is 14.4 Å². The number of hydrogen-bond donors (Lipinski definition) is 0. The van der Waals surface area contributed by atoms with E-state index < -0.39 is 0 Å². The Morgan fingerprint density at radius 2 is 2.05 bits per heavy atom. The number of rotatable bonds is 5. The van der Waals surface area contributed by atoms with Crippen LogP contribution in [-0.4, -0.2) is 58.2 Å². The standard InChI is InChI=1S/C13H21BrN4O/c1-2-4-16-6-8-17(9-7-16)13(19)3-5-18-11-12(14)10-15-18/h10-11H,2-9H2,1H3. The minimum absolute atomic E-state index is 0.239. The summed E-state index contributed by atoms with van der Waals surface area (Å²) in [4.78, 5) is 16.5. The summed E-state index contributed by atoms with van der Waals surface area (Å²) in [6.07, 6.45) is 5.35. The summed E-state index contributed by atoms with van der Waals surface area (Å²) in [6.45, 7) is 7.73. The van der Waals surface area contributed by atoms with Crippen LogP contribution in [0, 0.1) is 0 Å². The van der Waals surface area contributed by atoms with Gasteiger partial charge in [-0.15, -0.1) is 0 Å². The van der Waals surface area contributed by atoms with Crippen LogP contribution in [0.3, 0.4) is 0 Å². The van der Waals surface area contributed by atoms with E-state index in [1.54, 1.807) is 10.9 Å². The molecular weight excluding hydrogens is 308 g/mol. The summed E-state index contributed by atoms with van der Waals surface area (Å²) in [6, 6.07) is 0. The van der Waals surface area contributed by atoms with Crippen molar-refractivity contribution in [2.75, 3.05) is 32.7 Å². The molecule has 1 fully saturated rings. The van der Waals surface area contributed by atoms with Crippen LogP contribution in [0.25, 0.3) is 0 Å². The topological polar surface area (TPSA) is 41.4 Å². The lowest BCUT2D eigenvalue weighted by Crippen LogP contribution is -2.48. The van der Waals surface area contributed by atoms with Crippen LogP contribution >= 0.6 is 15.9 Å². The summed E-state index contributed by atoms with van der Waals surface area (Å²) < 4.78 is 2.75. The second kappa shape index (κ2) is 7.05. The summed E-state index contributed by atoms with van der Waals surface area (Å²) in [5.74, 6) is 0.239. The number of halogens is 1. The van der Waals surface area contributed by atoms with Crippen molar-refractivity contribution in [2.24, 2.45) is 0 Å². The third-order valence-electron chi connectivity index (χ3n) is 3.42. The van der Waals surface area contributed by atoms with Gasteiger partial charge in [-0.2, -0.15) is 5.10 Å². The van der Waals surface area contributed by atoms with Gasteiger partial charge in [-0.1, -0.05) is 6.92 Å². The van der Waals surface area contributed by atoms with Gasteiger partial charge in [0, 0.05) is 45.3 Å². The van der Waals surface area contributed by atoms with Gasteiger partial charge in [-0.05, 0) is 28.9 Å². The maximum Gasteiger partial charge on any atom is 0.224 e. The van der Waals surface area contributed by atoms with E-state index in [4.69, 9.17) is 0 Å². The SMILES string of the molecule is CCCN1CCN(C(=O)CCn2cc(Br)cn2)CC1. The first-order valence-corrected chi connectivity index (χ1v) is 7.66. The van der Waals surface area contributed by atoms with E-state index >= 15 is 0 Å². The number of amides is 1. The maximum absolute atomic E-state index is 12.1. The van der Waals surface area contributed by atoms with E-state index in [1.165, 1.54) is 6.42 Å². The van der Waals surface area contributed by atoms with E-state index in [0.29, 0.717) is 13.0 Å². The Bertz CT molecular complexity index is 413. The molecule has 1 aromatic heterocycles. The van der Waals surface area contributed by atoms with Crippen LogP contribution in [0.5, 0.6) is 0 Å². The van der Waals surface area contributed by atoms with Crippen molar-refractivity contribution in [1.29, 1.82) is 0 Å². The first-order valence-electron chi connectivity index (χ1n) is 6.87. The van der Waals surface area contributed by atoms with Gasteiger partial charge in [0.2, 0.25) is 5.91 Å². The number of piperazine rings is 1. The van der Waals surface area contributed by atoms with Crippen molar-refractivity contribution < 1.29 is 4.79 Å². The maximum atomic E-state index is 12.1. The third kappa shape index (κ3) is 4.31. The Hall–Kier alpha value is -0.880. The molecule has 0 bridgehead atoms. The van der Waals surface area contributed by atoms with Crippen LogP contribution in [0.2, 0.25) is 0 Å². The second-order valence-corrected chi connectivity index (χ2v) is 5.81. The molecule has 1 aliphatic rings. The number of nitrogens with zero attached hydrogens (tertiary/aromatic N) is 4. The average molecular weight is 329 g/mol. The summed E-state index contributed by atoms with van der Waals surface area (Å²) >= 11 is 3.35. The van der Waals surface area contributed by atoms with Gasteiger partial charge in [-0.25, -0.2) is 0 Å². The first kappa shape index (κ1) is 14.5. The molecule has 2 heterocycles. The van der Waals surface area contributed by atoms with Crippen LogP contribution in [0.4, 0.5) is 0 Å². The number of carbonyl (C=O) groups excluding carboxylic acids is 1. The van der Waals surface area contributed by atoms with E-state index in [9.17, 15) is 4.79 Å².